The summed E-state index contributed by atoms with van der Waals surface area (Å²) in [5.41, 5.74) is 2.13. The van der Waals surface area contributed by atoms with Crippen molar-refractivity contribution >= 4 is 18.6 Å². The Kier molecular flexibility index (Phi) is 9.30. The summed E-state index contributed by atoms with van der Waals surface area (Å²) in [6.45, 7) is 0.156. The number of carboxylic acid groups (broad SMARTS) is 1. The van der Waals surface area contributed by atoms with Gasteiger partial charge in [-0.15, -0.1) is 12.6 Å². The van der Waals surface area contributed by atoms with Gasteiger partial charge in [-0.3, -0.25) is 0 Å². The third kappa shape index (κ3) is 7.92. The van der Waals surface area contributed by atoms with Crippen molar-refractivity contribution in [2.24, 2.45) is 0 Å². The molecule has 0 atom stereocenters. The molecule has 0 amide bonds. The molecule has 0 aliphatic heterocycles. The van der Waals surface area contributed by atoms with E-state index in [-0.39, 0.29) is 5.82 Å². The quantitative estimate of drug-likeness (QED) is 0.454. The lowest BCUT2D eigenvalue weighted by Gasteiger charge is -2.13. The molecule has 5 nitrogen and oxygen atoms in total. The number of carbonyl (C=O) groups is 1. The zero-order valence-electron chi connectivity index (χ0n) is 17.1. The summed E-state index contributed by atoms with van der Waals surface area (Å²) >= 11 is 3.97. The van der Waals surface area contributed by atoms with E-state index in [0.29, 0.717) is 29.2 Å². The minimum absolute atomic E-state index is 0.220. The van der Waals surface area contributed by atoms with Gasteiger partial charge in [-0.25, -0.2) is 13.6 Å². The highest BCUT2D eigenvalue weighted by molar-refractivity contribution is 7.80. The molecule has 0 aliphatic rings. The minimum Gasteiger partial charge on any atom is -0.497 e. The van der Waals surface area contributed by atoms with Gasteiger partial charge in [-0.2, -0.15) is 0 Å². The second-order valence-corrected chi connectivity index (χ2v) is 6.92. The number of methoxy groups -OCH3 is 1. The second kappa shape index (κ2) is 11.9. The molecule has 0 fully saturated rings. The van der Waals surface area contributed by atoms with Crippen LogP contribution in [0.1, 0.15) is 5.56 Å². The van der Waals surface area contributed by atoms with E-state index in [1.807, 2.05) is 19.2 Å². The molecule has 8 heteroatoms. The van der Waals surface area contributed by atoms with Gasteiger partial charge in [-0.05, 0) is 66.7 Å². The molecule has 0 aliphatic carbocycles. The number of rotatable bonds is 7. The van der Waals surface area contributed by atoms with Crippen molar-refractivity contribution in [3.63, 3.8) is 0 Å². The number of aliphatic carboxylic acids is 1. The van der Waals surface area contributed by atoms with Crippen molar-refractivity contribution in [2.75, 3.05) is 20.8 Å². The highest BCUT2D eigenvalue weighted by atomic mass is 32.1. The van der Waals surface area contributed by atoms with Crippen molar-refractivity contribution in [2.45, 2.75) is 11.4 Å². The first-order valence-electron chi connectivity index (χ1n) is 9.24. The Morgan fingerprint density at radius 1 is 1.03 bits per heavy atom. The summed E-state index contributed by atoms with van der Waals surface area (Å²) in [7, 11) is 3.28. The van der Waals surface area contributed by atoms with Crippen LogP contribution in [0.2, 0.25) is 0 Å². The lowest BCUT2D eigenvalue weighted by Crippen LogP contribution is -2.10. The highest BCUT2D eigenvalue weighted by Gasteiger charge is 2.12. The largest absolute Gasteiger partial charge is 0.497 e. The van der Waals surface area contributed by atoms with Crippen LogP contribution in [0.4, 0.5) is 8.78 Å². The first-order chi connectivity index (χ1) is 14.8. The number of thiol groups is 1. The number of nitrogens with one attached hydrogen (secondary N) is 1. The lowest BCUT2D eigenvalue weighted by molar-refractivity contribution is -0.139. The van der Waals surface area contributed by atoms with E-state index in [1.165, 1.54) is 31.4 Å². The number of ether oxygens (including phenoxy) is 2. The maximum atomic E-state index is 13.8. The predicted molar refractivity (Wildman–Crippen MR) is 118 cm³/mol. The average Bonchev–Trinajstić information content (AvgIpc) is 2.75. The molecule has 0 saturated carbocycles. The van der Waals surface area contributed by atoms with Crippen molar-refractivity contribution < 1.29 is 28.2 Å². The van der Waals surface area contributed by atoms with Gasteiger partial charge in [0.05, 0.1) is 7.11 Å². The van der Waals surface area contributed by atoms with Crippen LogP contribution in [-0.4, -0.2) is 31.8 Å². The number of hydrogen-bond acceptors (Lipinski definition) is 5. The van der Waals surface area contributed by atoms with Gasteiger partial charge in [0.2, 0.25) is 0 Å². The average molecular weight is 448 g/mol. The summed E-state index contributed by atoms with van der Waals surface area (Å²) in [4.78, 5) is 11.5. The molecule has 0 radical (unpaired) electrons. The molecule has 0 unspecified atom stereocenters. The minimum atomic E-state index is -1.08. The Hall–Kier alpha value is -3.10. The van der Waals surface area contributed by atoms with E-state index in [2.05, 4.69) is 17.9 Å². The van der Waals surface area contributed by atoms with Crippen molar-refractivity contribution in [3.8, 4) is 22.6 Å². The summed E-state index contributed by atoms with van der Waals surface area (Å²) in [6.07, 6.45) is 0. The normalized spacial score (nSPS) is 10.1. The third-order valence-corrected chi connectivity index (χ3v) is 4.32. The van der Waals surface area contributed by atoms with Crippen molar-refractivity contribution in [1.82, 2.24) is 5.32 Å². The van der Waals surface area contributed by atoms with Gasteiger partial charge in [0.25, 0.3) is 0 Å². The zero-order valence-corrected chi connectivity index (χ0v) is 18.0. The molecule has 3 aromatic rings. The summed E-state index contributed by atoms with van der Waals surface area (Å²) in [6, 6.07) is 15.6. The Morgan fingerprint density at radius 2 is 1.74 bits per heavy atom. The molecule has 0 heterocycles. The maximum absolute atomic E-state index is 13.8. The first-order valence-corrected chi connectivity index (χ1v) is 9.68. The van der Waals surface area contributed by atoms with Crippen LogP contribution in [0, 0.1) is 11.6 Å². The van der Waals surface area contributed by atoms with Gasteiger partial charge < -0.3 is 19.9 Å². The molecular weight excluding hydrogens is 424 g/mol. The van der Waals surface area contributed by atoms with Crippen LogP contribution in [0.15, 0.2) is 65.6 Å². The van der Waals surface area contributed by atoms with Crippen LogP contribution >= 0.6 is 12.6 Å². The fourth-order valence-electron chi connectivity index (χ4n) is 2.66. The molecule has 0 bridgehead atoms. The number of benzene rings is 3. The molecule has 2 N–H and O–H groups in total. The topological polar surface area (TPSA) is 67.8 Å². The van der Waals surface area contributed by atoms with Crippen LogP contribution in [0.3, 0.4) is 0 Å². The van der Waals surface area contributed by atoms with Gasteiger partial charge in [-0.1, -0.05) is 6.07 Å². The third-order valence-electron chi connectivity index (χ3n) is 4.02. The number of halogens is 2. The molecule has 0 saturated heterocycles. The maximum Gasteiger partial charge on any atom is 0.341 e. The van der Waals surface area contributed by atoms with E-state index in [9.17, 15) is 13.6 Å². The first kappa shape index (κ1) is 24.2. The van der Waals surface area contributed by atoms with Gasteiger partial charge in [0.15, 0.2) is 6.61 Å². The fraction of sp³-hybridized carbons (Fsp3) is 0.174. The number of hydrogen-bond donors (Lipinski definition) is 3. The molecule has 3 rings (SSSR count). The van der Waals surface area contributed by atoms with Crippen LogP contribution in [0.25, 0.3) is 11.1 Å². The molecular formula is C23H23F2NO4S. The van der Waals surface area contributed by atoms with E-state index in [0.717, 1.165) is 10.5 Å². The standard InChI is InChI=1S/C17H18FNO4.C6H5FS/c1-19-9-11-3-4-16(23-10-17(20)21)15(5-11)12-6-13(18)8-14(7-12)22-2;7-5-1-3-6(8)4-2-5/h3-8,19H,9-10H2,1-2H3,(H,20,21);1-4,8H. The fourth-order valence-corrected chi connectivity index (χ4v) is 2.81. The SMILES string of the molecule is CNCc1ccc(OCC(=O)O)c(-c2cc(F)cc(OC)c2)c1.Fc1ccc(S)cc1. The highest BCUT2D eigenvalue weighted by Crippen LogP contribution is 2.34. The molecule has 3 aromatic carbocycles. The Morgan fingerprint density at radius 3 is 2.32 bits per heavy atom. The van der Waals surface area contributed by atoms with Crippen LogP contribution < -0.4 is 14.8 Å². The van der Waals surface area contributed by atoms with E-state index in [4.69, 9.17) is 14.6 Å². The second-order valence-electron chi connectivity index (χ2n) is 6.40. The molecule has 0 aromatic heterocycles. The summed E-state index contributed by atoms with van der Waals surface area (Å²) in [5, 5.41) is 11.8. The van der Waals surface area contributed by atoms with Gasteiger partial charge >= 0.3 is 5.97 Å². The Bertz CT molecular complexity index is 992. The van der Waals surface area contributed by atoms with Crippen LogP contribution in [0.5, 0.6) is 11.5 Å². The van der Waals surface area contributed by atoms with E-state index >= 15 is 0 Å². The van der Waals surface area contributed by atoms with Gasteiger partial charge in [0, 0.05) is 23.1 Å². The van der Waals surface area contributed by atoms with E-state index < -0.39 is 18.4 Å². The zero-order chi connectivity index (χ0) is 22.8. The summed E-state index contributed by atoms with van der Waals surface area (Å²) < 4.78 is 36.2. The Balaban J connectivity index is 0.000000357. The van der Waals surface area contributed by atoms with Gasteiger partial charge in [0.1, 0.15) is 23.1 Å². The van der Waals surface area contributed by atoms with Crippen molar-refractivity contribution in [3.05, 3.63) is 77.9 Å². The molecule has 31 heavy (non-hydrogen) atoms. The molecule has 0 spiro atoms. The molecule has 164 valence electrons. The lowest BCUT2D eigenvalue weighted by atomic mass is 10.0. The summed E-state index contributed by atoms with van der Waals surface area (Å²) in [5.74, 6) is -0.986. The monoisotopic (exact) mass is 447 g/mol. The van der Waals surface area contributed by atoms with Crippen molar-refractivity contribution in [1.29, 1.82) is 0 Å². The van der Waals surface area contributed by atoms with Crippen LogP contribution in [-0.2, 0) is 11.3 Å². The Labute approximate surface area is 185 Å². The number of carboxylic acids is 1. The van der Waals surface area contributed by atoms with E-state index in [1.54, 1.807) is 24.3 Å². The smallest absolute Gasteiger partial charge is 0.341 e. The predicted octanol–water partition coefficient (Wildman–Crippen LogP) is 4.80.